The Morgan fingerprint density at radius 3 is 2.69 bits per heavy atom. The second-order valence-corrected chi connectivity index (χ2v) is 9.54. The molecule has 0 unspecified atom stereocenters. The number of β-amino-alcohol motifs (C(OH)–C–C–N with tert-alkyl or cyclic N) is 1. The van der Waals surface area contributed by atoms with Crippen LogP contribution in [0.4, 0.5) is 0 Å². The van der Waals surface area contributed by atoms with Crippen LogP contribution >= 0.6 is 12.2 Å². The number of hydrogen-bond donors (Lipinski definition) is 5. The normalized spacial score (nSPS) is 12.4. The van der Waals surface area contributed by atoms with Gasteiger partial charge in [0.05, 0.1) is 5.52 Å². The van der Waals surface area contributed by atoms with E-state index >= 15 is 0 Å². The molecule has 0 aliphatic carbocycles. The highest BCUT2D eigenvalue weighted by Gasteiger charge is 2.20. The van der Waals surface area contributed by atoms with Gasteiger partial charge in [-0.2, -0.15) is 0 Å². The monoisotopic (exact) mass is 507 g/mol. The Labute approximate surface area is 213 Å². The summed E-state index contributed by atoms with van der Waals surface area (Å²) in [6.45, 7) is 4.64. The lowest BCUT2D eigenvalue weighted by Gasteiger charge is -2.28. The molecule has 2 aromatic heterocycles. The first-order valence-electron chi connectivity index (χ1n) is 11.5. The third-order valence-corrected chi connectivity index (χ3v) is 5.79. The number of pyridine rings is 1. The molecule has 0 fully saturated rings. The summed E-state index contributed by atoms with van der Waals surface area (Å²) in [7, 11) is 0. The number of nitrogens with zero attached hydrogens (tertiary/aromatic N) is 1. The molecule has 1 amide bonds. The van der Waals surface area contributed by atoms with Gasteiger partial charge in [-0.05, 0) is 74.4 Å². The van der Waals surface area contributed by atoms with Crippen molar-refractivity contribution >= 4 is 29.2 Å². The molecule has 4 aromatic rings. The topological polar surface area (TPSA) is 138 Å². The standard InChI is InChI=1S/C26H29N5O4S/c1-26(2,29-14-17(32)15-34-21-7-3-6-20-22(21)31-25(36)30-20)13-16-8-10-18(11-9-16)35-24-19(23(27)33)5-4-12-28-24/h3-12,17,29,32H,13-15H2,1-2H3,(H2,27,33)(H2,30,31,36)/t17-/m1/s1. The van der Waals surface area contributed by atoms with Gasteiger partial charge in [-0.1, -0.05) is 18.2 Å². The number of nitrogens with one attached hydrogen (secondary N) is 3. The number of imidazole rings is 1. The van der Waals surface area contributed by atoms with E-state index in [0.717, 1.165) is 23.0 Å². The number of para-hydroxylation sites is 1. The van der Waals surface area contributed by atoms with Gasteiger partial charge in [0.2, 0.25) is 5.88 Å². The summed E-state index contributed by atoms with van der Waals surface area (Å²) in [5.74, 6) is 0.761. The summed E-state index contributed by atoms with van der Waals surface area (Å²) in [4.78, 5) is 21.8. The maximum Gasteiger partial charge on any atom is 0.254 e. The molecule has 0 saturated carbocycles. The average molecular weight is 508 g/mol. The van der Waals surface area contributed by atoms with E-state index < -0.39 is 12.0 Å². The van der Waals surface area contributed by atoms with Crippen LogP contribution in [0.15, 0.2) is 60.8 Å². The number of carbonyl (C=O) groups is 1. The van der Waals surface area contributed by atoms with E-state index in [1.165, 1.54) is 0 Å². The van der Waals surface area contributed by atoms with Crippen LogP contribution in [-0.4, -0.2) is 50.8 Å². The van der Waals surface area contributed by atoms with Gasteiger partial charge >= 0.3 is 0 Å². The minimum atomic E-state index is -0.699. The lowest BCUT2D eigenvalue weighted by atomic mass is 9.94. The van der Waals surface area contributed by atoms with E-state index in [2.05, 4.69) is 34.1 Å². The molecule has 0 spiro atoms. The van der Waals surface area contributed by atoms with Crippen LogP contribution in [-0.2, 0) is 6.42 Å². The largest absolute Gasteiger partial charge is 0.489 e. The molecule has 6 N–H and O–H groups in total. The molecule has 0 aliphatic rings. The Morgan fingerprint density at radius 2 is 1.94 bits per heavy atom. The highest BCUT2D eigenvalue weighted by atomic mass is 32.1. The van der Waals surface area contributed by atoms with Crippen molar-refractivity contribution in [3.05, 3.63) is 76.7 Å². The summed E-state index contributed by atoms with van der Waals surface area (Å²) in [6, 6.07) is 16.4. The fourth-order valence-electron chi connectivity index (χ4n) is 3.81. The Hall–Kier alpha value is -3.73. The van der Waals surface area contributed by atoms with Crippen LogP contribution in [0.1, 0.15) is 29.8 Å². The van der Waals surface area contributed by atoms with Crippen LogP contribution in [0, 0.1) is 4.77 Å². The number of aromatic amines is 2. The molecule has 1 atom stereocenters. The predicted molar refractivity (Wildman–Crippen MR) is 140 cm³/mol. The van der Waals surface area contributed by atoms with Gasteiger partial charge in [0, 0.05) is 18.3 Å². The second kappa shape index (κ2) is 10.9. The van der Waals surface area contributed by atoms with Crippen molar-refractivity contribution in [3.8, 4) is 17.4 Å². The van der Waals surface area contributed by atoms with Crippen LogP contribution in [0.5, 0.6) is 17.4 Å². The molecule has 36 heavy (non-hydrogen) atoms. The van der Waals surface area contributed by atoms with Crippen molar-refractivity contribution in [1.82, 2.24) is 20.3 Å². The lowest BCUT2D eigenvalue weighted by molar-refractivity contribution is 0.0994. The first-order valence-corrected chi connectivity index (χ1v) is 11.9. The van der Waals surface area contributed by atoms with E-state index in [-0.39, 0.29) is 23.6 Å². The molecule has 0 bridgehead atoms. The molecule has 4 rings (SSSR count). The van der Waals surface area contributed by atoms with Crippen molar-refractivity contribution in [1.29, 1.82) is 0 Å². The highest BCUT2D eigenvalue weighted by molar-refractivity contribution is 7.71. The molecule has 0 radical (unpaired) electrons. The van der Waals surface area contributed by atoms with Crippen molar-refractivity contribution in [2.75, 3.05) is 13.2 Å². The maximum absolute atomic E-state index is 11.6. The molecular formula is C26H29N5O4S. The first-order chi connectivity index (χ1) is 17.2. The number of benzene rings is 2. The van der Waals surface area contributed by atoms with Gasteiger partial charge in [-0.25, -0.2) is 4.98 Å². The maximum atomic E-state index is 11.6. The number of aliphatic hydroxyl groups is 1. The van der Waals surface area contributed by atoms with E-state index in [9.17, 15) is 9.90 Å². The third kappa shape index (κ3) is 6.48. The zero-order valence-corrected chi connectivity index (χ0v) is 20.9. The number of nitrogens with two attached hydrogens (primary N) is 1. The molecule has 10 heteroatoms. The Morgan fingerprint density at radius 1 is 1.17 bits per heavy atom. The number of rotatable bonds is 11. The number of H-pyrrole nitrogens is 2. The number of hydrogen-bond acceptors (Lipinski definition) is 7. The van der Waals surface area contributed by atoms with Crippen LogP contribution in [0.2, 0.25) is 0 Å². The molecule has 2 aromatic carbocycles. The first kappa shape index (κ1) is 25.4. The average Bonchev–Trinajstić information content (AvgIpc) is 3.23. The number of carbonyl (C=O) groups excluding carboxylic acids is 1. The molecule has 0 aliphatic heterocycles. The molecule has 9 nitrogen and oxygen atoms in total. The van der Waals surface area contributed by atoms with Gasteiger partial charge in [0.15, 0.2) is 4.77 Å². The highest BCUT2D eigenvalue weighted by Crippen LogP contribution is 2.25. The molecule has 188 valence electrons. The van der Waals surface area contributed by atoms with Crippen molar-refractivity contribution in [2.24, 2.45) is 5.73 Å². The van der Waals surface area contributed by atoms with Gasteiger partial charge in [-0.3, -0.25) is 4.79 Å². The predicted octanol–water partition coefficient (Wildman–Crippen LogP) is 3.86. The van der Waals surface area contributed by atoms with Gasteiger partial charge in [0.25, 0.3) is 5.91 Å². The summed E-state index contributed by atoms with van der Waals surface area (Å²) in [5.41, 5.74) is 8.05. The van der Waals surface area contributed by atoms with E-state index in [0.29, 0.717) is 22.8 Å². The lowest BCUT2D eigenvalue weighted by Crippen LogP contribution is -2.46. The third-order valence-electron chi connectivity index (χ3n) is 5.58. The van der Waals surface area contributed by atoms with Crippen LogP contribution in [0.25, 0.3) is 11.0 Å². The molecule has 2 heterocycles. The number of primary amides is 1. The number of ether oxygens (including phenoxy) is 2. The fourth-order valence-corrected chi connectivity index (χ4v) is 4.02. The van der Waals surface area contributed by atoms with E-state index in [1.807, 2.05) is 42.5 Å². The Balaban J connectivity index is 1.28. The minimum Gasteiger partial charge on any atom is -0.489 e. The quantitative estimate of drug-likeness (QED) is 0.194. The van der Waals surface area contributed by atoms with Crippen LogP contribution in [0.3, 0.4) is 0 Å². The summed E-state index contributed by atoms with van der Waals surface area (Å²) in [5, 5.41) is 13.9. The summed E-state index contributed by atoms with van der Waals surface area (Å²) < 4.78 is 12.1. The number of aromatic nitrogens is 3. The van der Waals surface area contributed by atoms with Gasteiger partial charge in [-0.15, -0.1) is 0 Å². The van der Waals surface area contributed by atoms with E-state index in [4.69, 9.17) is 27.4 Å². The minimum absolute atomic E-state index is 0.140. The summed E-state index contributed by atoms with van der Waals surface area (Å²) in [6.07, 6.45) is 1.56. The Bertz CT molecular complexity index is 1400. The van der Waals surface area contributed by atoms with Crippen molar-refractivity contribution < 1.29 is 19.4 Å². The zero-order chi connectivity index (χ0) is 25.7. The fraction of sp³-hybridized carbons (Fsp3) is 0.269. The zero-order valence-electron chi connectivity index (χ0n) is 20.1. The molecular weight excluding hydrogens is 478 g/mol. The Kier molecular flexibility index (Phi) is 7.68. The molecule has 0 saturated heterocycles. The van der Waals surface area contributed by atoms with Gasteiger partial charge in [0.1, 0.15) is 35.3 Å². The van der Waals surface area contributed by atoms with Gasteiger partial charge < -0.3 is 35.6 Å². The van der Waals surface area contributed by atoms with Crippen LogP contribution < -0.4 is 20.5 Å². The van der Waals surface area contributed by atoms with Crippen molar-refractivity contribution in [2.45, 2.75) is 31.9 Å². The van der Waals surface area contributed by atoms with Crippen molar-refractivity contribution in [3.63, 3.8) is 0 Å². The smallest absolute Gasteiger partial charge is 0.254 e. The SMILES string of the molecule is CC(C)(Cc1ccc(Oc2ncccc2C(N)=O)cc1)NC[C@@H](O)COc1cccc2[nH]c(=S)[nH]c12. The number of fused-ring (bicyclic) bond motifs is 1. The van der Waals surface area contributed by atoms with E-state index in [1.54, 1.807) is 18.3 Å². The number of aliphatic hydroxyl groups excluding tert-OH is 1. The number of amides is 1. The second-order valence-electron chi connectivity index (χ2n) is 9.13. The summed E-state index contributed by atoms with van der Waals surface area (Å²) >= 11 is 5.14.